The first kappa shape index (κ1) is 21.4. The molecule has 0 bridgehead atoms. The molecule has 0 aliphatic carbocycles. The Hall–Kier alpha value is -1.95. The van der Waals surface area contributed by atoms with E-state index >= 15 is 0 Å². The van der Waals surface area contributed by atoms with Gasteiger partial charge < -0.3 is 11.1 Å². The number of hydrogen-bond donors (Lipinski definition) is 2. The number of halogens is 2. The third-order valence-electron chi connectivity index (χ3n) is 5.34. The van der Waals surface area contributed by atoms with Crippen molar-refractivity contribution in [3.05, 3.63) is 71.5 Å². The number of rotatable bonds is 6. The fourth-order valence-corrected chi connectivity index (χ4v) is 3.68. The van der Waals surface area contributed by atoms with Crippen molar-refractivity contribution >= 4 is 18.3 Å². The summed E-state index contributed by atoms with van der Waals surface area (Å²) < 4.78 is 13.7. The molecule has 1 heterocycles. The van der Waals surface area contributed by atoms with Crippen molar-refractivity contribution in [3.8, 4) is 0 Å². The number of likely N-dealkylation sites (tertiary alicyclic amines) is 1. The summed E-state index contributed by atoms with van der Waals surface area (Å²) in [7, 11) is 0. The summed E-state index contributed by atoms with van der Waals surface area (Å²) in [4.78, 5) is 14.7. The SMILES string of the molecule is CC(C(=O)NCc1ccccc1F)N1C[C@@H](CN)[C@H](c2ccccc2)C1.Cl. The van der Waals surface area contributed by atoms with Crippen LogP contribution in [-0.2, 0) is 11.3 Å². The van der Waals surface area contributed by atoms with Crippen LogP contribution in [0.2, 0.25) is 0 Å². The molecule has 4 nitrogen and oxygen atoms in total. The van der Waals surface area contributed by atoms with Gasteiger partial charge in [0.2, 0.25) is 5.91 Å². The third kappa shape index (κ3) is 5.06. The van der Waals surface area contributed by atoms with Gasteiger partial charge in [0.1, 0.15) is 5.82 Å². The van der Waals surface area contributed by atoms with Gasteiger partial charge in [0.25, 0.3) is 0 Å². The first-order valence-electron chi connectivity index (χ1n) is 9.10. The van der Waals surface area contributed by atoms with Crippen LogP contribution in [0.5, 0.6) is 0 Å². The van der Waals surface area contributed by atoms with Crippen molar-refractivity contribution in [3.63, 3.8) is 0 Å². The fourth-order valence-electron chi connectivity index (χ4n) is 3.68. The van der Waals surface area contributed by atoms with E-state index in [-0.39, 0.29) is 36.7 Å². The zero-order valence-electron chi connectivity index (χ0n) is 15.5. The van der Waals surface area contributed by atoms with Gasteiger partial charge in [0.05, 0.1) is 6.04 Å². The van der Waals surface area contributed by atoms with Gasteiger partial charge in [-0.25, -0.2) is 4.39 Å². The van der Waals surface area contributed by atoms with E-state index in [2.05, 4.69) is 22.3 Å². The number of carbonyl (C=O) groups excluding carboxylic acids is 1. The molecule has 1 amide bonds. The zero-order valence-corrected chi connectivity index (χ0v) is 16.3. The molecular formula is C21H27ClFN3O. The Labute approximate surface area is 166 Å². The monoisotopic (exact) mass is 391 g/mol. The predicted octanol–water partition coefficient (Wildman–Crippen LogP) is 2.93. The molecule has 1 saturated heterocycles. The van der Waals surface area contributed by atoms with E-state index in [1.165, 1.54) is 11.6 Å². The lowest BCUT2D eigenvalue weighted by atomic mass is 9.89. The molecule has 1 aliphatic rings. The van der Waals surface area contributed by atoms with Gasteiger partial charge in [-0.05, 0) is 31.0 Å². The molecular weight excluding hydrogens is 365 g/mol. The summed E-state index contributed by atoms with van der Waals surface area (Å²) in [5.74, 6) is 0.286. The summed E-state index contributed by atoms with van der Waals surface area (Å²) >= 11 is 0. The van der Waals surface area contributed by atoms with Crippen LogP contribution in [-0.4, -0.2) is 36.5 Å². The summed E-state index contributed by atoms with van der Waals surface area (Å²) in [5.41, 5.74) is 7.75. The summed E-state index contributed by atoms with van der Waals surface area (Å²) in [6, 6.07) is 16.6. The number of benzene rings is 2. The highest BCUT2D eigenvalue weighted by atomic mass is 35.5. The van der Waals surface area contributed by atoms with Gasteiger partial charge in [-0.1, -0.05) is 48.5 Å². The molecule has 3 rings (SSSR count). The number of amides is 1. The fraction of sp³-hybridized carbons (Fsp3) is 0.381. The van der Waals surface area contributed by atoms with Crippen molar-refractivity contribution in [2.45, 2.75) is 25.4 Å². The molecule has 0 aromatic heterocycles. The highest BCUT2D eigenvalue weighted by Gasteiger charge is 2.36. The van der Waals surface area contributed by atoms with Crippen LogP contribution in [0.25, 0.3) is 0 Å². The van der Waals surface area contributed by atoms with E-state index in [0.717, 1.165) is 13.1 Å². The van der Waals surface area contributed by atoms with Gasteiger partial charge in [-0.2, -0.15) is 0 Å². The predicted molar refractivity (Wildman–Crippen MR) is 108 cm³/mol. The molecule has 3 N–H and O–H groups in total. The molecule has 27 heavy (non-hydrogen) atoms. The maximum atomic E-state index is 13.7. The first-order valence-corrected chi connectivity index (χ1v) is 9.10. The van der Waals surface area contributed by atoms with Gasteiger partial charge >= 0.3 is 0 Å². The average molecular weight is 392 g/mol. The summed E-state index contributed by atoms with van der Waals surface area (Å²) in [6.07, 6.45) is 0. The highest BCUT2D eigenvalue weighted by Crippen LogP contribution is 2.33. The first-order chi connectivity index (χ1) is 12.6. The molecule has 1 fully saturated rings. The lowest BCUT2D eigenvalue weighted by Crippen LogP contribution is -2.44. The molecule has 0 radical (unpaired) electrons. The third-order valence-corrected chi connectivity index (χ3v) is 5.34. The number of nitrogens with two attached hydrogens (primary N) is 1. The molecule has 6 heteroatoms. The Balaban J connectivity index is 0.00000261. The van der Waals surface area contributed by atoms with E-state index < -0.39 is 0 Å². The lowest BCUT2D eigenvalue weighted by molar-refractivity contribution is -0.125. The number of nitrogens with zero attached hydrogens (tertiary/aromatic N) is 1. The molecule has 3 atom stereocenters. The summed E-state index contributed by atoms with van der Waals surface area (Å²) in [6.45, 7) is 4.30. The minimum absolute atomic E-state index is 0. The Bertz CT molecular complexity index is 743. The van der Waals surface area contributed by atoms with Crippen LogP contribution in [0.1, 0.15) is 24.0 Å². The van der Waals surface area contributed by atoms with E-state index in [1.807, 2.05) is 25.1 Å². The van der Waals surface area contributed by atoms with E-state index in [1.54, 1.807) is 18.2 Å². The number of carbonyl (C=O) groups is 1. The van der Waals surface area contributed by atoms with E-state index in [0.29, 0.717) is 23.9 Å². The van der Waals surface area contributed by atoms with Crippen LogP contribution < -0.4 is 11.1 Å². The van der Waals surface area contributed by atoms with Crippen LogP contribution in [0, 0.1) is 11.7 Å². The van der Waals surface area contributed by atoms with Gasteiger partial charge in [-0.15, -0.1) is 12.4 Å². The summed E-state index contributed by atoms with van der Waals surface area (Å²) in [5, 5.41) is 2.85. The van der Waals surface area contributed by atoms with Crippen molar-refractivity contribution < 1.29 is 9.18 Å². The molecule has 1 aliphatic heterocycles. The van der Waals surface area contributed by atoms with Crippen LogP contribution in [0.15, 0.2) is 54.6 Å². The Morgan fingerprint density at radius 3 is 2.52 bits per heavy atom. The molecule has 2 aromatic rings. The van der Waals surface area contributed by atoms with Crippen LogP contribution in [0.3, 0.4) is 0 Å². The van der Waals surface area contributed by atoms with Crippen LogP contribution >= 0.6 is 12.4 Å². The van der Waals surface area contributed by atoms with Gasteiger partial charge in [0.15, 0.2) is 0 Å². The normalized spacial score (nSPS) is 20.7. The molecule has 1 unspecified atom stereocenters. The van der Waals surface area contributed by atoms with Crippen molar-refractivity contribution in [1.82, 2.24) is 10.2 Å². The molecule has 0 spiro atoms. The molecule has 146 valence electrons. The maximum absolute atomic E-state index is 13.7. The Kier molecular flexibility index (Phi) is 7.78. The number of hydrogen-bond acceptors (Lipinski definition) is 3. The van der Waals surface area contributed by atoms with Crippen molar-refractivity contribution in [2.24, 2.45) is 11.7 Å². The highest BCUT2D eigenvalue weighted by molar-refractivity contribution is 5.85. The van der Waals surface area contributed by atoms with Crippen molar-refractivity contribution in [1.29, 1.82) is 0 Å². The van der Waals surface area contributed by atoms with E-state index in [9.17, 15) is 9.18 Å². The quantitative estimate of drug-likeness (QED) is 0.796. The molecule has 2 aromatic carbocycles. The lowest BCUT2D eigenvalue weighted by Gasteiger charge is -2.23. The Morgan fingerprint density at radius 1 is 1.19 bits per heavy atom. The standard InChI is InChI=1S/C21H26FN3O.ClH/c1-15(21(26)24-12-17-9-5-6-10-20(17)22)25-13-18(11-23)19(14-25)16-7-3-2-4-8-16;/h2-10,15,18-19H,11-14,23H2,1H3,(H,24,26);1H/t15?,18-,19+;/m1./s1. The molecule has 0 saturated carbocycles. The van der Waals surface area contributed by atoms with E-state index in [4.69, 9.17) is 5.73 Å². The smallest absolute Gasteiger partial charge is 0.237 e. The number of nitrogens with one attached hydrogen (secondary N) is 1. The zero-order chi connectivity index (χ0) is 18.5. The van der Waals surface area contributed by atoms with Crippen molar-refractivity contribution in [2.75, 3.05) is 19.6 Å². The van der Waals surface area contributed by atoms with Crippen LogP contribution in [0.4, 0.5) is 4.39 Å². The second-order valence-corrected chi connectivity index (χ2v) is 6.95. The second-order valence-electron chi connectivity index (χ2n) is 6.95. The average Bonchev–Trinajstić information content (AvgIpc) is 3.11. The second kappa shape index (κ2) is 9.83. The minimum Gasteiger partial charge on any atom is -0.351 e. The van der Waals surface area contributed by atoms with Gasteiger partial charge in [0, 0.05) is 31.1 Å². The maximum Gasteiger partial charge on any atom is 0.237 e. The largest absolute Gasteiger partial charge is 0.351 e. The minimum atomic E-state index is -0.297. The topological polar surface area (TPSA) is 58.4 Å². The Morgan fingerprint density at radius 2 is 1.85 bits per heavy atom. The van der Waals surface area contributed by atoms with Gasteiger partial charge in [-0.3, -0.25) is 9.69 Å².